The van der Waals surface area contributed by atoms with Crippen LogP contribution in [0.5, 0.6) is 11.5 Å². The van der Waals surface area contributed by atoms with E-state index in [-0.39, 0.29) is 23.7 Å². The number of halogens is 1. The van der Waals surface area contributed by atoms with Gasteiger partial charge in [-0.2, -0.15) is 0 Å². The fourth-order valence-electron chi connectivity index (χ4n) is 2.03. The summed E-state index contributed by atoms with van der Waals surface area (Å²) in [5.41, 5.74) is 2.35. The summed E-state index contributed by atoms with van der Waals surface area (Å²) in [7, 11) is 1.38. The monoisotopic (exact) mass is 288 g/mol. The van der Waals surface area contributed by atoms with Gasteiger partial charge in [0.25, 0.3) is 0 Å². The molecular weight excluding hydrogens is 271 g/mol. The van der Waals surface area contributed by atoms with Gasteiger partial charge in [-0.3, -0.25) is 4.79 Å². The Hall–Kier alpha value is -2.36. The average Bonchev–Trinajstić information content (AvgIpc) is 2.46. The fourth-order valence-corrected chi connectivity index (χ4v) is 2.03. The van der Waals surface area contributed by atoms with E-state index >= 15 is 0 Å². The Morgan fingerprint density at radius 2 is 1.81 bits per heavy atom. The second-order valence-electron chi connectivity index (χ2n) is 4.83. The van der Waals surface area contributed by atoms with E-state index in [0.717, 1.165) is 17.2 Å². The summed E-state index contributed by atoms with van der Waals surface area (Å²) in [6.07, 6.45) is 0. The smallest absolute Gasteiger partial charge is 0.200 e. The Morgan fingerprint density at radius 3 is 2.43 bits per heavy atom. The number of carbonyl (C=O) groups excluding carboxylic acids is 1. The predicted molar refractivity (Wildman–Crippen MR) is 78.7 cm³/mol. The van der Waals surface area contributed by atoms with E-state index in [2.05, 4.69) is 0 Å². The second kappa shape index (κ2) is 6.39. The molecule has 2 rings (SSSR count). The molecule has 21 heavy (non-hydrogen) atoms. The second-order valence-corrected chi connectivity index (χ2v) is 4.83. The van der Waals surface area contributed by atoms with Gasteiger partial charge >= 0.3 is 0 Å². The first kappa shape index (κ1) is 15.0. The summed E-state index contributed by atoms with van der Waals surface area (Å²) in [5.74, 6) is -0.0730. The van der Waals surface area contributed by atoms with Gasteiger partial charge in [-0.15, -0.1) is 0 Å². The van der Waals surface area contributed by atoms with Crippen molar-refractivity contribution in [2.45, 2.75) is 13.8 Å². The minimum atomic E-state index is -0.560. The molecule has 2 aromatic carbocycles. The number of hydrogen-bond donors (Lipinski definition) is 0. The number of ether oxygens (including phenoxy) is 2. The molecular formula is C17H17FO3. The molecule has 0 radical (unpaired) electrons. The van der Waals surface area contributed by atoms with Crippen molar-refractivity contribution in [1.29, 1.82) is 0 Å². The zero-order valence-corrected chi connectivity index (χ0v) is 12.3. The normalized spacial score (nSPS) is 10.3. The van der Waals surface area contributed by atoms with Gasteiger partial charge in [-0.1, -0.05) is 17.7 Å². The van der Waals surface area contributed by atoms with E-state index in [1.54, 1.807) is 0 Å². The molecule has 0 saturated heterocycles. The van der Waals surface area contributed by atoms with Crippen molar-refractivity contribution in [3.63, 3.8) is 0 Å². The molecule has 0 aliphatic rings. The summed E-state index contributed by atoms with van der Waals surface area (Å²) in [5, 5.41) is 0. The maximum atomic E-state index is 13.6. The largest absolute Gasteiger partial charge is 0.494 e. The van der Waals surface area contributed by atoms with Gasteiger partial charge in [0, 0.05) is 5.56 Å². The number of benzene rings is 2. The van der Waals surface area contributed by atoms with Gasteiger partial charge in [-0.05, 0) is 43.7 Å². The molecule has 4 heteroatoms. The zero-order valence-electron chi connectivity index (χ0n) is 12.3. The lowest BCUT2D eigenvalue weighted by molar-refractivity contribution is 0.0920. The number of carbonyl (C=O) groups is 1. The highest BCUT2D eigenvalue weighted by atomic mass is 19.1. The van der Waals surface area contributed by atoms with Crippen LogP contribution in [0.4, 0.5) is 4.39 Å². The van der Waals surface area contributed by atoms with Crippen molar-refractivity contribution in [2.75, 3.05) is 13.7 Å². The average molecular weight is 288 g/mol. The number of ketones is 1. The third kappa shape index (κ3) is 3.60. The number of methoxy groups -OCH3 is 1. The standard InChI is InChI=1S/C17H17FO3/c1-11-4-6-16(12(2)8-11)21-10-15(19)13-5-7-17(20-3)14(18)9-13/h4-9H,10H2,1-3H3. The van der Waals surface area contributed by atoms with E-state index in [0.29, 0.717) is 5.75 Å². The lowest BCUT2D eigenvalue weighted by atomic mass is 10.1. The van der Waals surface area contributed by atoms with Crippen molar-refractivity contribution in [1.82, 2.24) is 0 Å². The minimum Gasteiger partial charge on any atom is -0.494 e. The molecule has 2 aromatic rings. The first-order chi connectivity index (χ1) is 10.0. The lowest BCUT2D eigenvalue weighted by Crippen LogP contribution is -2.12. The molecule has 0 atom stereocenters. The molecule has 0 aromatic heterocycles. The molecule has 0 bridgehead atoms. The number of Topliss-reactive ketones (excluding diaryl/α,β-unsaturated/α-hetero) is 1. The highest BCUT2D eigenvalue weighted by Crippen LogP contribution is 2.20. The lowest BCUT2D eigenvalue weighted by Gasteiger charge is -2.09. The summed E-state index contributed by atoms with van der Waals surface area (Å²) in [4.78, 5) is 12.0. The molecule has 0 aliphatic carbocycles. The Labute approximate surface area is 123 Å². The maximum Gasteiger partial charge on any atom is 0.200 e. The maximum absolute atomic E-state index is 13.6. The summed E-state index contributed by atoms with van der Waals surface area (Å²) in [6, 6.07) is 9.83. The SMILES string of the molecule is COc1ccc(C(=O)COc2ccc(C)cc2C)cc1F. The molecule has 0 aliphatic heterocycles. The minimum absolute atomic E-state index is 0.113. The number of rotatable bonds is 5. The van der Waals surface area contributed by atoms with Crippen molar-refractivity contribution in [2.24, 2.45) is 0 Å². The first-order valence-corrected chi connectivity index (χ1v) is 6.58. The van der Waals surface area contributed by atoms with Crippen LogP contribution in [0.2, 0.25) is 0 Å². The van der Waals surface area contributed by atoms with E-state index in [9.17, 15) is 9.18 Å². The van der Waals surface area contributed by atoms with Gasteiger partial charge in [0.15, 0.2) is 24.0 Å². The first-order valence-electron chi connectivity index (χ1n) is 6.58. The Balaban J connectivity index is 2.06. The van der Waals surface area contributed by atoms with Crippen LogP contribution in [0.25, 0.3) is 0 Å². The van der Waals surface area contributed by atoms with Crippen LogP contribution < -0.4 is 9.47 Å². The molecule has 0 saturated carbocycles. The molecule has 0 heterocycles. The highest BCUT2D eigenvalue weighted by molar-refractivity contribution is 5.97. The van der Waals surface area contributed by atoms with Gasteiger partial charge in [0.05, 0.1) is 7.11 Å². The summed E-state index contributed by atoms with van der Waals surface area (Å²) < 4.78 is 23.9. The number of aryl methyl sites for hydroxylation is 2. The molecule has 0 fully saturated rings. The zero-order chi connectivity index (χ0) is 15.4. The molecule has 0 N–H and O–H groups in total. The molecule has 3 nitrogen and oxygen atoms in total. The molecule has 0 spiro atoms. The Bertz CT molecular complexity index is 665. The van der Waals surface area contributed by atoms with Crippen molar-refractivity contribution >= 4 is 5.78 Å². The Kier molecular flexibility index (Phi) is 4.58. The third-order valence-electron chi connectivity index (χ3n) is 3.16. The number of hydrogen-bond acceptors (Lipinski definition) is 3. The van der Waals surface area contributed by atoms with Gasteiger partial charge in [0.1, 0.15) is 5.75 Å². The predicted octanol–water partition coefficient (Wildman–Crippen LogP) is 3.71. The quantitative estimate of drug-likeness (QED) is 0.787. The van der Waals surface area contributed by atoms with Crippen LogP contribution in [-0.2, 0) is 0 Å². The van der Waals surface area contributed by atoms with Crippen molar-refractivity contribution < 1.29 is 18.7 Å². The van der Waals surface area contributed by atoms with Gasteiger partial charge in [0.2, 0.25) is 0 Å². The topological polar surface area (TPSA) is 35.5 Å². The van der Waals surface area contributed by atoms with Crippen molar-refractivity contribution in [3.8, 4) is 11.5 Å². The van der Waals surface area contributed by atoms with Crippen molar-refractivity contribution in [3.05, 3.63) is 58.9 Å². The van der Waals surface area contributed by atoms with Crippen LogP contribution in [0.3, 0.4) is 0 Å². The van der Waals surface area contributed by atoms with Crippen LogP contribution in [0, 0.1) is 19.7 Å². The van der Waals surface area contributed by atoms with E-state index in [1.165, 1.54) is 19.2 Å². The Morgan fingerprint density at radius 1 is 1.10 bits per heavy atom. The molecule has 110 valence electrons. The summed E-state index contributed by atoms with van der Waals surface area (Å²) in [6.45, 7) is 3.78. The van der Waals surface area contributed by atoms with E-state index in [1.807, 2.05) is 32.0 Å². The third-order valence-corrected chi connectivity index (χ3v) is 3.16. The van der Waals surface area contributed by atoms with Gasteiger partial charge in [-0.25, -0.2) is 4.39 Å². The van der Waals surface area contributed by atoms with E-state index < -0.39 is 5.82 Å². The molecule has 0 amide bonds. The van der Waals surface area contributed by atoms with Gasteiger partial charge < -0.3 is 9.47 Å². The molecule has 0 unspecified atom stereocenters. The van der Waals surface area contributed by atoms with E-state index in [4.69, 9.17) is 9.47 Å². The van der Waals surface area contributed by atoms with Crippen LogP contribution in [0.15, 0.2) is 36.4 Å². The highest BCUT2D eigenvalue weighted by Gasteiger charge is 2.11. The fraction of sp³-hybridized carbons (Fsp3) is 0.235. The van der Waals surface area contributed by atoms with Crippen LogP contribution in [-0.4, -0.2) is 19.5 Å². The van der Waals surface area contributed by atoms with Crippen LogP contribution in [0.1, 0.15) is 21.5 Å². The van der Waals surface area contributed by atoms with Crippen LogP contribution >= 0.6 is 0 Å². The summed E-state index contributed by atoms with van der Waals surface area (Å²) >= 11 is 0.